The Kier molecular flexibility index (Phi) is 7.25. The van der Waals surface area contributed by atoms with Gasteiger partial charge in [0, 0.05) is 25.2 Å². The van der Waals surface area contributed by atoms with Crippen molar-refractivity contribution in [2.75, 3.05) is 19.8 Å². The molecule has 7 heteroatoms. The van der Waals surface area contributed by atoms with E-state index in [0.717, 1.165) is 12.0 Å². The summed E-state index contributed by atoms with van der Waals surface area (Å²) in [6.07, 6.45) is 8.07. The van der Waals surface area contributed by atoms with Gasteiger partial charge in [-0.3, -0.25) is 9.59 Å². The maximum atomic E-state index is 12.8. The van der Waals surface area contributed by atoms with Crippen LogP contribution in [0.25, 0.3) is 0 Å². The van der Waals surface area contributed by atoms with Crippen LogP contribution in [-0.4, -0.2) is 47.7 Å². The minimum Gasteiger partial charge on any atom is -0.491 e. The largest absolute Gasteiger partial charge is 0.491 e. The fraction of sp³-hybridized carbons (Fsp3) is 0.667. The van der Waals surface area contributed by atoms with Gasteiger partial charge in [-0.1, -0.05) is 6.92 Å². The number of carbonyl (C=O) groups excluding carboxylic acids is 2. The second-order valence-electron chi connectivity index (χ2n) is 7.83. The van der Waals surface area contributed by atoms with Gasteiger partial charge in [0.15, 0.2) is 11.4 Å². The zero-order valence-electron chi connectivity index (χ0n) is 16.6. The molecule has 0 aromatic carbocycles. The summed E-state index contributed by atoms with van der Waals surface area (Å²) in [7, 11) is 0. The number of aliphatic hydroxyl groups excluding tert-OH is 1. The van der Waals surface area contributed by atoms with E-state index in [9.17, 15) is 9.59 Å². The quantitative estimate of drug-likeness (QED) is 0.509. The van der Waals surface area contributed by atoms with Crippen molar-refractivity contribution in [2.45, 2.75) is 63.8 Å². The number of hydrogen-bond acceptors (Lipinski definition) is 5. The second kappa shape index (κ2) is 9.87. The summed E-state index contributed by atoms with van der Waals surface area (Å²) < 4.78 is 5.95. The number of nitrogens with zero attached hydrogens (tertiary/aromatic N) is 1. The summed E-state index contributed by atoms with van der Waals surface area (Å²) >= 11 is 0. The highest BCUT2D eigenvalue weighted by Crippen LogP contribution is 2.41. The number of rotatable bonds is 12. The average Bonchev–Trinajstić information content (AvgIpc) is 3.60. The molecule has 28 heavy (non-hydrogen) atoms. The van der Waals surface area contributed by atoms with E-state index in [1.54, 1.807) is 6.20 Å². The van der Waals surface area contributed by atoms with Crippen molar-refractivity contribution in [1.82, 2.24) is 15.6 Å². The zero-order valence-corrected chi connectivity index (χ0v) is 16.6. The molecule has 3 rings (SSSR count). The normalized spacial score (nSPS) is 17.1. The first-order valence-electron chi connectivity index (χ1n) is 10.4. The van der Waals surface area contributed by atoms with Crippen molar-refractivity contribution in [1.29, 1.82) is 0 Å². The number of nitrogens with one attached hydrogen (secondary N) is 2. The molecule has 0 spiro atoms. The third-order valence-electron chi connectivity index (χ3n) is 5.29. The molecule has 1 aromatic heterocycles. The molecule has 1 atom stereocenters. The maximum absolute atomic E-state index is 12.8. The molecule has 2 aliphatic carbocycles. The zero-order chi connectivity index (χ0) is 19.9. The standard InChI is InChI=1S/C21H31N3O4/c1-2-17(7-8-19(26)22-9-10-25)24-21(27)20-18(28-13-14-3-4-14)11-16(12-23-20)15-5-6-15/h11-12,14-15,17,25H,2-10,13H2,1H3,(H,22,26)(H,24,27). The van der Waals surface area contributed by atoms with E-state index in [1.165, 1.54) is 25.7 Å². The van der Waals surface area contributed by atoms with Gasteiger partial charge >= 0.3 is 0 Å². The number of aliphatic hydroxyl groups is 1. The van der Waals surface area contributed by atoms with E-state index in [4.69, 9.17) is 9.84 Å². The highest BCUT2D eigenvalue weighted by molar-refractivity contribution is 5.95. The number of hydrogen-bond donors (Lipinski definition) is 3. The third-order valence-corrected chi connectivity index (χ3v) is 5.29. The lowest BCUT2D eigenvalue weighted by Gasteiger charge is -2.18. The summed E-state index contributed by atoms with van der Waals surface area (Å²) in [4.78, 5) is 29.0. The first-order valence-corrected chi connectivity index (χ1v) is 10.4. The topological polar surface area (TPSA) is 101 Å². The highest BCUT2D eigenvalue weighted by atomic mass is 16.5. The Morgan fingerprint density at radius 1 is 1.32 bits per heavy atom. The van der Waals surface area contributed by atoms with Crippen LogP contribution >= 0.6 is 0 Å². The molecule has 0 saturated heterocycles. The Bertz CT molecular complexity index is 686. The van der Waals surface area contributed by atoms with Crippen LogP contribution in [0.15, 0.2) is 12.3 Å². The number of carbonyl (C=O) groups is 2. The van der Waals surface area contributed by atoms with Gasteiger partial charge < -0.3 is 20.5 Å². The van der Waals surface area contributed by atoms with Crippen molar-refractivity contribution in [3.8, 4) is 5.75 Å². The minimum atomic E-state index is -0.254. The molecule has 1 aromatic rings. The molecular formula is C21H31N3O4. The molecule has 2 fully saturated rings. The van der Waals surface area contributed by atoms with Crippen LogP contribution in [0.4, 0.5) is 0 Å². The number of aromatic nitrogens is 1. The van der Waals surface area contributed by atoms with E-state index in [-0.39, 0.29) is 31.0 Å². The average molecular weight is 389 g/mol. The second-order valence-corrected chi connectivity index (χ2v) is 7.83. The summed E-state index contributed by atoms with van der Waals surface area (Å²) in [5.74, 6) is 1.34. The van der Waals surface area contributed by atoms with Crippen molar-refractivity contribution in [2.24, 2.45) is 5.92 Å². The van der Waals surface area contributed by atoms with Crippen molar-refractivity contribution >= 4 is 11.8 Å². The van der Waals surface area contributed by atoms with Gasteiger partial charge in [-0.2, -0.15) is 0 Å². The molecule has 7 nitrogen and oxygen atoms in total. The Morgan fingerprint density at radius 3 is 2.75 bits per heavy atom. The van der Waals surface area contributed by atoms with Gasteiger partial charge in [0.2, 0.25) is 5.91 Å². The number of ether oxygens (including phenoxy) is 1. The van der Waals surface area contributed by atoms with Gasteiger partial charge in [-0.25, -0.2) is 4.98 Å². The molecular weight excluding hydrogens is 358 g/mol. The minimum absolute atomic E-state index is 0.0775. The molecule has 3 N–H and O–H groups in total. The monoisotopic (exact) mass is 389 g/mol. The molecule has 2 aliphatic rings. The lowest BCUT2D eigenvalue weighted by atomic mass is 10.1. The number of pyridine rings is 1. The van der Waals surface area contributed by atoms with Crippen LogP contribution in [0.5, 0.6) is 5.75 Å². The predicted molar refractivity (Wildman–Crippen MR) is 105 cm³/mol. The molecule has 0 aliphatic heterocycles. The summed E-state index contributed by atoms with van der Waals surface area (Å²) in [5.41, 5.74) is 1.48. The van der Waals surface area contributed by atoms with Gasteiger partial charge in [-0.05, 0) is 62.0 Å². The van der Waals surface area contributed by atoms with Crippen LogP contribution in [-0.2, 0) is 4.79 Å². The summed E-state index contributed by atoms with van der Waals surface area (Å²) in [5, 5.41) is 14.4. The van der Waals surface area contributed by atoms with Gasteiger partial charge in [-0.15, -0.1) is 0 Å². The van der Waals surface area contributed by atoms with Crippen LogP contribution in [0.1, 0.15) is 73.8 Å². The van der Waals surface area contributed by atoms with Crippen molar-refractivity contribution in [3.05, 3.63) is 23.5 Å². The first-order chi connectivity index (χ1) is 13.6. The van der Waals surface area contributed by atoms with Gasteiger partial charge in [0.05, 0.1) is 13.2 Å². The third kappa shape index (κ3) is 6.19. The van der Waals surface area contributed by atoms with Gasteiger partial charge in [0.1, 0.15) is 0 Å². The van der Waals surface area contributed by atoms with E-state index in [1.807, 2.05) is 13.0 Å². The Hall–Kier alpha value is -2.15. The van der Waals surface area contributed by atoms with Gasteiger partial charge in [0.25, 0.3) is 5.91 Å². The predicted octanol–water partition coefficient (Wildman–Crippen LogP) is 2.14. The molecule has 154 valence electrons. The molecule has 1 heterocycles. The molecule has 2 amide bonds. The summed E-state index contributed by atoms with van der Waals surface area (Å²) in [6, 6.07) is 1.86. The van der Waals surface area contributed by atoms with Crippen LogP contribution < -0.4 is 15.4 Å². The van der Waals surface area contributed by atoms with E-state index >= 15 is 0 Å². The summed E-state index contributed by atoms with van der Waals surface area (Å²) in [6.45, 7) is 2.79. The van der Waals surface area contributed by atoms with Crippen molar-refractivity contribution in [3.63, 3.8) is 0 Å². The van der Waals surface area contributed by atoms with Crippen LogP contribution in [0, 0.1) is 5.92 Å². The van der Waals surface area contributed by atoms with Crippen LogP contribution in [0.2, 0.25) is 0 Å². The number of amides is 2. The Morgan fingerprint density at radius 2 is 2.11 bits per heavy atom. The van der Waals surface area contributed by atoms with Crippen molar-refractivity contribution < 1.29 is 19.4 Å². The SMILES string of the molecule is CCC(CCC(=O)NCCO)NC(=O)c1ncc(C2CC2)cc1OCC1CC1. The maximum Gasteiger partial charge on any atom is 0.273 e. The Balaban J connectivity index is 1.59. The molecule has 0 bridgehead atoms. The van der Waals surface area contributed by atoms with E-state index < -0.39 is 0 Å². The lowest BCUT2D eigenvalue weighted by molar-refractivity contribution is -0.121. The van der Waals surface area contributed by atoms with E-state index in [2.05, 4.69) is 15.6 Å². The molecule has 0 radical (unpaired) electrons. The highest BCUT2D eigenvalue weighted by Gasteiger charge is 2.28. The molecule has 1 unspecified atom stereocenters. The van der Waals surface area contributed by atoms with Crippen LogP contribution in [0.3, 0.4) is 0 Å². The lowest BCUT2D eigenvalue weighted by Crippen LogP contribution is -2.36. The first kappa shape index (κ1) is 20.6. The Labute approximate surface area is 166 Å². The fourth-order valence-electron chi connectivity index (χ4n) is 3.09. The molecule has 2 saturated carbocycles. The van der Waals surface area contributed by atoms with E-state index in [0.29, 0.717) is 42.7 Å². The fourth-order valence-corrected chi connectivity index (χ4v) is 3.09. The smallest absolute Gasteiger partial charge is 0.273 e.